The molecule has 0 fully saturated rings. The second-order valence-electron chi connectivity index (χ2n) is 7.73. The Bertz CT molecular complexity index is 1040. The Kier molecular flexibility index (Phi) is 9.02. The van der Waals surface area contributed by atoms with E-state index in [0.29, 0.717) is 11.3 Å². The Morgan fingerprint density at radius 3 is 2.09 bits per heavy atom. The molecule has 0 aliphatic heterocycles. The summed E-state index contributed by atoms with van der Waals surface area (Å²) in [6, 6.07) is 11.3. The minimum Gasteiger partial charge on any atom is -0.352 e. The van der Waals surface area contributed by atoms with Crippen LogP contribution in [-0.4, -0.2) is 50.0 Å². The average Bonchev–Trinajstić information content (AvgIpc) is 2.70. The van der Waals surface area contributed by atoms with Crippen molar-refractivity contribution in [2.24, 2.45) is 0 Å². The van der Waals surface area contributed by atoms with Gasteiger partial charge < -0.3 is 10.2 Å². The molecule has 0 spiro atoms. The molecule has 0 bridgehead atoms. The number of carbonyl (C=O) groups excluding carboxylic acids is 2. The van der Waals surface area contributed by atoms with Gasteiger partial charge in [0.25, 0.3) is 0 Å². The third-order valence-electron chi connectivity index (χ3n) is 4.66. The van der Waals surface area contributed by atoms with Crippen LogP contribution < -0.4 is 9.62 Å². The number of sulfonamides is 1. The Hall–Kier alpha value is -2.21. The highest BCUT2D eigenvalue weighted by atomic mass is 127. The highest BCUT2D eigenvalue weighted by Gasteiger charge is 2.30. The number of nitrogens with one attached hydrogen (secondary N) is 1. The van der Waals surface area contributed by atoms with Crippen LogP contribution in [0.5, 0.6) is 0 Å². The molecule has 2 rings (SSSR count). The number of benzene rings is 2. The largest absolute Gasteiger partial charge is 0.352 e. The van der Waals surface area contributed by atoms with Gasteiger partial charge in [0.05, 0.1) is 11.9 Å². The van der Waals surface area contributed by atoms with Gasteiger partial charge in [-0.05, 0) is 85.3 Å². The van der Waals surface area contributed by atoms with E-state index < -0.39 is 34.3 Å². The number of hydrogen-bond acceptors (Lipinski definition) is 4. The summed E-state index contributed by atoms with van der Waals surface area (Å²) in [7, 11) is -3.77. The normalized spacial score (nSPS) is 12.3. The van der Waals surface area contributed by atoms with Crippen molar-refractivity contribution in [3.8, 4) is 0 Å². The van der Waals surface area contributed by atoms with E-state index in [1.54, 1.807) is 45.0 Å². The van der Waals surface area contributed by atoms with Crippen LogP contribution in [0.15, 0.2) is 48.5 Å². The second kappa shape index (κ2) is 11.1. The molecule has 0 aromatic heterocycles. The Balaban J connectivity index is 2.36. The number of halogens is 2. The van der Waals surface area contributed by atoms with Crippen LogP contribution in [0.2, 0.25) is 0 Å². The molecule has 0 heterocycles. The van der Waals surface area contributed by atoms with E-state index in [9.17, 15) is 22.4 Å². The maximum absolute atomic E-state index is 13.3. The van der Waals surface area contributed by atoms with Gasteiger partial charge >= 0.3 is 0 Å². The summed E-state index contributed by atoms with van der Waals surface area (Å²) in [4.78, 5) is 27.2. The lowest BCUT2D eigenvalue weighted by molar-refractivity contribution is -0.139. The smallest absolute Gasteiger partial charge is 0.244 e. The SMILES string of the molecule is CC(C)NC(=O)[C@H](C)N(Cc1ccc(F)cc1)C(=O)CN(c1ccc(I)cc1)S(C)(=O)=O. The first-order chi connectivity index (χ1) is 14.9. The molecule has 0 unspecified atom stereocenters. The van der Waals surface area contributed by atoms with Gasteiger partial charge in [-0.2, -0.15) is 0 Å². The summed E-state index contributed by atoms with van der Waals surface area (Å²) in [5, 5.41) is 2.77. The van der Waals surface area contributed by atoms with E-state index in [4.69, 9.17) is 0 Å². The van der Waals surface area contributed by atoms with Crippen molar-refractivity contribution in [2.75, 3.05) is 17.1 Å². The number of carbonyl (C=O) groups is 2. The Morgan fingerprint density at radius 1 is 1.03 bits per heavy atom. The molecule has 0 aliphatic carbocycles. The monoisotopic (exact) mass is 575 g/mol. The molecule has 0 saturated heterocycles. The molecule has 2 amide bonds. The number of rotatable bonds is 9. The van der Waals surface area contributed by atoms with Crippen molar-refractivity contribution in [1.29, 1.82) is 0 Å². The maximum Gasteiger partial charge on any atom is 0.244 e. The van der Waals surface area contributed by atoms with E-state index in [-0.39, 0.29) is 18.5 Å². The number of anilines is 1. The van der Waals surface area contributed by atoms with Gasteiger partial charge in [0.15, 0.2) is 0 Å². The van der Waals surface area contributed by atoms with E-state index >= 15 is 0 Å². The number of nitrogens with zero attached hydrogens (tertiary/aromatic N) is 2. The van der Waals surface area contributed by atoms with Crippen molar-refractivity contribution < 1.29 is 22.4 Å². The second-order valence-corrected chi connectivity index (χ2v) is 10.9. The standard InChI is InChI=1S/C22H27FIN3O4S/c1-15(2)25-22(29)16(3)26(13-17-5-7-18(23)8-6-17)21(28)14-27(32(4,30)31)20-11-9-19(24)10-12-20/h5-12,15-16H,13-14H2,1-4H3,(H,25,29)/t16-/m0/s1. The predicted molar refractivity (Wildman–Crippen MR) is 131 cm³/mol. The molecule has 0 radical (unpaired) electrons. The first-order valence-electron chi connectivity index (χ1n) is 9.96. The fraction of sp³-hybridized carbons (Fsp3) is 0.364. The van der Waals surface area contributed by atoms with Gasteiger partial charge in [-0.3, -0.25) is 13.9 Å². The number of hydrogen-bond donors (Lipinski definition) is 1. The highest BCUT2D eigenvalue weighted by Crippen LogP contribution is 2.20. The van der Waals surface area contributed by atoms with Gasteiger partial charge in [-0.25, -0.2) is 12.8 Å². The molecule has 32 heavy (non-hydrogen) atoms. The maximum atomic E-state index is 13.3. The van der Waals surface area contributed by atoms with Crippen LogP contribution in [-0.2, 0) is 26.2 Å². The Labute approximate surface area is 202 Å². The molecular formula is C22H27FIN3O4S. The first kappa shape index (κ1) is 26.0. The molecule has 1 N–H and O–H groups in total. The van der Waals surface area contributed by atoms with Gasteiger partial charge in [-0.1, -0.05) is 12.1 Å². The van der Waals surface area contributed by atoms with Crippen LogP contribution in [0.25, 0.3) is 0 Å². The minimum atomic E-state index is -3.77. The first-order valence-corrected chi connectivity index (χ1v) is 12.9. The highest BCUT2D eigenvalue weighted by molar-refractivity contribution is 14.1. The summed E-state index contributed by atoms with van der Waals surface area (Å²) in [5.41, 5.74) is 0.964. The van der Waals surface area contributed by atoms with Crippen LogP contribution >= 0.6 is 22.6 Å². The predicted octanol–water partition coefficient (Wildman–Crippen LogP) is 3.14. The molecule has 2 aromatic carbocycles. The van der Waals surface area contributed by atoms with Crippen LogP contribution in [0.3, 0.4) is 0 Å². The topological polar surface area (TPSA) is 86.8 Å². The fourth-order valence-electron chi connectivity index (χ4n) is 3.00. The zero-order valence-electron chi connectivity index (χ0n) is 18.4. The quantitative estimate of drug-likeness (QED) is 0.466. The summed E-state index contributed by atoms with van der Waals surface area (Å²) in [5.74, 6) is -1.33. The van der Waals surface area contributed by atoms with Crippen molar-refractivity contribution in [2.45, 2.75) is 39.4 Å². The summed E-state index contributed by atoms with van der Waals surface area (Å²) >= 11 is 2.10. The molecule has 1 atom stereocenters. The summed E-state index contributed by atoms with van der Waals surface area (Å²) in [6.07, 6.45) is 1.03. The third-order valence-corrected chi connectivity index (χ3v) is 6.52. The van der Waals surface area contributed by atoms with Crippen LogP contribution in [0, 0.1) is 9.39 Å². The number of amides is 2. The molecule has 0 saturated carbocycles. The molecule has 7 nitrogen and oxygen atoms in total. The van der Waals surface area contributed by atoms with E-state index in [0.717, 1.165) is 14.1 Å². The van der Waals surface area contributed by atoms with Crippen molar-refractivity contribution in [1.82, 2.24) is 10.2 Å². The van der Waals surface area contributed by atoms with Gasteiger partial charge in [0.2, 0.25) is 21.8 Å². The average molecular weight is 575 g/mol. The summed E-state index contributed by atoms with van der Waals surface area (Å²) < 4.78 is 40.1. The lowest BCUT2D eigenvalue weighted by Crippen LogP contribution is -2.52. The van der Waals surface area contributed by atoms with Crippen molar-refractivity contribution in [3.05, 3.63) is 63.5 Å². The zero-order chi connectivity index (χ0) is 24.1. The van der Waals surface area contributed by atoms with Crippen LogP contribution in [0.4, 0.5) is 10.1 Å². The summed E-state index contributed by atoms with van der Waals surface area (Å²) in [6.45, 7) is 4.74. The van der Waals surface area contributed by atoms with Crippen molar-refractivity contribution >= 4 is 50.1 Å². The molecular weight excluding hydrogens is 548 g/mol. The van der Waals surface area contributed by atoms with E-state index in [1.165, 1.54) is 29.2 Å². The van der Waals surface area contributed by atoms with E-state index in [2.05, 4.69) is 27.9 Å². The minimum absolute atomic E-state index is 0.0239. The van der Waals surface area contributed by atoms with Crippen LogP contribution in [0.1, 0.15) is 26.3 Å². The fourth-order valence-corrected chi connectivity index (χ4v) is 4.20. The lowest BCUT2D eigenvalue weighted by Gasteiger charge is -2.31. The zero-order valence-corrected chi connectivity index (χ0v) is 21.4. The molecule has 2 aromatic rings. The van der Waals surface area contributed by atoms with Gasteiger partial charge in [0, 0.05) is 16.2 Å². The molecule has 0 aliphatic rings. The van der Waals surface area contributed by atoms with Gasteiger partial charge in [-0.15, -0.1) is 0 Å². The lowest BCUT2D eigenvalue weighted by atomic mass is 10.1. The third kappa shape index (κ3) is 7.44. The molecule has 174 valence electrons. The molecule has 10 heteroatoms. The van der Waals surface area contributed by atoms with E-state index in [1.807, 2.05) is 0 Å². The van der Waals surface area contributed by atoms with Gasteiger partial charge in [0.1, 0.15) is 18.4 Å². The Morgan fingerprint density at radius 2 is 1.59 bits per heavy atom. The van der Waals surface area contributed by atoms with Crippen molar-refractivity contribution in [3.63, 3.8) is 0 Å².